The number of hydrogen-bond donors (Lipinski definition) is 0. The van der Waals surface area contributed by atoms with Gasteiger partial charge in [-0.1, -0.05) is 116 Å². The van der Waals surface area contributed by atoms with Crippen molar-refractivity contribution in [2.75, 3.05) is 0 Å². The summed E-state index contributed by atoms with van der Waals surface area (Å²) in [7, 11) is 0. The van der Waals surface area contributed by atoms with Crippen LogP contribution in [-0.2, 0) is 0 Å². The average molecular weight is 685 g/mol. The quantitative estimate of drug-likeness (QED) is 0.276. The average Bonchev–Trinajstić information content (AvgIpc) is 3.11. The Morgan fingerprint density at radius 1 is 0.140 bits per heavy atom. The molecule has 8 bridgehead atoms. The molecule has 0 aliphatic heterocycles. The van der Waals surface area contributed by atoms with Gasteiger partial charge < -0.3 is 0 Å². The molecule has 0 aromatic heterocycles. The maximum absolute atomic E-state index is 1.64. The third kappa shape index (κ3) is 8.76. The van der Waals surface area contributed by atoms with Crippen molar-refractivity contribution in [1.29, 1.82) is 0 Å². The molecule has 0 N–H and O–H groups in total. The molecule has 12 atom stereocenters. The topological polar surface area (TPSA) is 0 Å². The van der Waals surface area contributed by atoms with Crippen LogP contribution in [0.4, 0.5) is 0 Å². The molecule has 284 valence electrons. The summed E-state index contributed by atoms with van der Waals surface area (Å²) in [5.74, 6) is 17.6. The van der Waals surface area contributed by atoms with E-state index < -0.39 is 0 Å². The van der Waals surface area contributed by atoms with Crippen LogP contribution in [-0.4, -0.2) is 0 Å². The lowest BCUT2D eigenvalue weighted by Crippen LogP contribution is -2.34. The van der Waals surface area contributed by atoms with Crippen LogP contribution in [0.15, 0.2) is 0 Å². The van der Waals surface area contributed by atoms with Crippen molar-refractivity contribution < 1.29 is 0 Å². The van der Waals surface area contributed by atoms with E-state index in [1.807, 2.05) is 0 Å². The molecule has 0 heterocycles. The van der Waals surface area contributed by atoms with Crippen LogP contribution in [0.5, 0.6) is 0 Å². The predicted molar refractivity (Wildman–Crippen MR) is 213 cm³/mol. The number of hydrogen-bond acceptors (Lipinski definition) is 0. The zero-order chi connectivity index (χ0) is 33.3. The molecular formula is C50H84. The summed E-state index contributed by atoms with van der Waals surface area (Å²) < 4.78 is 0. The fourth-order valence-electron chi connectivity index (χ4n) is 17.3. The van der Waals surface area contributed by atoms with E-state index in [0.717, 1.165) is 94.7 Å². The Morgan fingerprint density at radius 3 is 0.520 bits per heavy atom. The molecule has 50 heavy (non-hydrogen) atoms. The lowest BCUT2D eigenvalue weighted by Gasteiger charge is -2.45. The molecule has 0 aromatic carbocycles. The smallest absolute Gasteiger partial charge is 0.0381 e. The van der Waals surface area contributed by atoms with Gasteiger partial charge in [-0.25, -0.2) is 0 Å². The first-order valence-corrected chi connectivity index (χ1v) is 24.7. The fraction of sp³-hybridized carbons (Fsp3) is 1.00. The van der Waals surface area contributed by atoms with E-state index in [1.165, 1.54) is 0 Å². The Morgan fingerprint density at radius 2 is 0.320 bits per heavy atom. The van der Waals surface area contributed by atoms with Crippen molar-refractivity contribution in [2.45, 2.75) is 218 Å². The first-order chi connectivity index (χ1) is 24.7. The van der Waals surface area contributed by atoms with Crippen LogP contribution in [0.1, 0.15) is 218 Å². The van der Waals surface area contributed by atoms with Crippen molar-refractivity contribution >= 4 is 0 Å². The molecule has 9 aliphatic carbocycles. The molecule has 0 heteroatoms. The van der Waals surface area contributed by atoms with Gasteiger partial charge in [-0.3, -0.25) is 0 Å². The number of rotatable bonds is 4. The molecule has 0 spiro atoms. The summed E-state index contributed by atoms with van der Waals surface area (Å²) in [6, 6.07) is 0. The highest BCUT2D eigenvalue weighted by molar-refractivity contribution is 4.92. The van der Waals surface area contributed by atoms with E-state index in [2.05, 4.69) is 0 Å². The molecule has 9 fully saturated rings. The van der Waals surface area contributed by atoms with Crippen LogP contribution in [0.25, 0.3) is 0 Å². The van der Waals surface area contributed by atoms with E-state index in [-0.39, 0.29) is 0 Å². The monoisotopic (exact) mass is 685 g/mol. The Hall–Kier alpha value is 0. The van der Waals surface area contributed by atoms with E-state index in [4.69, 9.17) is 0 Å². The van der Waals surface area contributed by atoms with E-state index >= 15 is 0 Å². The molecule has 0 radical (unpaired) electrons. The maximum Gasteiger partial charge on any atom is -0.0381 e. The Bertz CT molecular complexity index is 833. The van der Waals surface area contributed by atoms with Crippen LogP contribution in [0.3, 0.4) is 0 Å². The van der Waals surface area contributed by atoms with Gasteiger partial charge >= 0.3 is 0 Å². The zero-order valence-corrected chi connectivity index (χ0v) is 33.3. The molecule has 0 saturated heterocycles. The molecular weight excluding hydrogens is 601 g/mol. The second-order valence-corrected chi connectivity index (χ2v) is 22.6. The van der Waals surface area contributed by atoms with Gasteiger partial charge in [-0.2, -0.15) is 0 Å². The highest BCUT2D eigenvalue weighted by Crippen LogP contribution is 2.53. The highest BCUT2D eigenvalue weighted by Gasteiger charge is 2.41. The van der Waals surface area contributed by atoms with Crippen molar-refractivity contribution in [1.82, 2.24) is 0 Å². The van der Waals surface area contributed by atoms with Gasteiger partial charge in [0.05, 0.1) is 0 Å². The van der Waals surface area contributed by atoms with Gasteiger partial charge in [-0.15, -0.1) is 0 Å². The second kappa shape index (κ2) is 16.8. The SMILES string of the molecule is C1CC2CC(C1)CC(C1CCCC(C3CC4CCCC(C4)C3)CCC(C3CC4CCCC(C4)C3)CCCC(C3CC4CCCC(C4)C3)CC1)C2. The van der Waals surface area contributed by atoms with E-state index in [0.29, 0.717) is 0 Å². The van der Waals surface area contributed by atoms with Gasteiger partial charge in [0.15, 0.2) is 0 Å². The summed E-state index contributed by atoms with van der Waals surface area (Å²) in [5, 5.41) is 0. The fourth-order valence-corrected chi connectivity index (χ4v) is 17.3. The van der Waals surface area contributed by atoms with E-state index in [1.54, 1.807) is 218 Å². The van der Waals surface area contributed by atoms with Crippen LogP contribution in [0, 0.1) is 94.7 Å². The van der Waals surface area contributed by atoms with Gasteiger partial charge in [-0.05, 0) is 197 Å². The normalized spacial score (nSPS) is 50.9. The molecule has 12 unspecified atom stereocenters. The van der Waals surface area contributed by atoms with Crippen molar-refractivity contribution in [3.8, 4) is 0 Å². The second-order valence-electron chi connectivity index (χ2n) is 22.6. The summed E-state index contributed by atoms with van der Waals surface area (Å²) in [6.07, 6.45) is 54.7. The first-order valence-electron chi connectivity index (χ1n) is 24.7. The van der Waals surface area contributed by atoms with E-state index in [9.17, 15) is 0 Å². The molecule has 0 nitrogen and oxygen atoms in total. The van der Waals surface area contributed by atoms with Crippen LogP contribution in [0.2, 0.25) is 0 Å². The van der Waals surface area contributed by atoms with Gasteiger partial charge in [0.25, 0.3) is 0 Å². The molecule has 9 saturated carbocycles. The minimum Gasteiger partial charge on any atom is -0.0528 e. The summed E-state index contributed by atoms with van der Waals surface area (Å²) in [6.45, 7) is 0. The standard InChI is InChI=1S/C50H84/c1-7-35-23-36(8-1)28-47(27-35)43-15-5-16-45(49-31-39-11-3-12-40(25-39)32-49)21-22-46(50-33-41-13-4-14-42(26-41)34-50)18-6-17-44(20-19-43)48-29-37-9-2-10-38(24-37)30-48/h35-50H,1-34H2. The van der Waals surface area contributed by atoms with Crippen LogP contribution < -0.4 is 0 Å². The predicted octanol–water partition coefficient (Wildman–Crippen LogP) is 15.2. The Labute approximate surface area is 312 Å². The van der Waals surface area contributed by atoms with Crippen LogP contribution >= 0.6 is 0 Å². The first kappa shape index (κ1) is 35.7. The van der Waals surface area contributed by atoms with Gasteiger partial charge in [0, 0.05) is 0 Å². The number of fused-ring (bicyclic) bond motifs is 8. The lowest BCUT2D eigenvalue weighted by atomic mass is 9.60. The minimum atomic E-state index is 1.08. The van der Waals surface area contributed by atoms with Crippen molar-refractivity contribution in [2.24, 2.45) is 94.7 Å². The summed E-state index contributed by atoms with van der Waals surface area (Å²) >= 11 is 0. The summed E-state index contributed by atoms with van der Waals surface area (Å²) in [4.78, 5) is 0. The summed E-state index contributed by atoms with van der Waals surface area (Å²) in [5.41, 5.74) is 0. The van der Waals surface area contributed by atoms with Gasteiger partial charge in [0.1, 0.15) is 0 Å². The third-order valence-corrected chi connectivity index (χ3v) is 19.4. The Balaban J connectivity index is 0.942. The third-order valence-electron chi connectivity index (χ3n) is 19.4. The largest absolute Gasteiger partial charge is 0.0528 e. The molecule has 0 aromatic rings. The molecule has 0 amide bonds. The minimum absolute atomic E-state index is 1.08. The Kier molecular flexibility index (Phi) is 12.0. The zero-order valence-electron chi connectivity index (χ0n) is 33.3. The molecule has 9 aliphatic rings. The van der Waals surface area contributed by atoms with Gasteiger partial charge in [0.2, 0.25) is 0 Å². The van der Waals surface area contributed by atoms with Crippen molar-refractivity contribution in [3.63, 3.8) is 0 Å². The maximum atomic E-state index is 1.64. The highest BCUT2D eigenvalue weighted by atomic mass is 14.5. The van der Waals surface area contributed by atoms with Crippen molar-refractivity contribution in [3.05, 3.63) is 0 Å². The lowest BCUT2D eigenvalue weighted by molar-refractivity contribution is 0.0584. The molecule has 9 rings (SSSR count).